The van der Waals surface area contributed by atoms with Crippen LogP contribution in [0.2, 0.25) is 0 Å². The van der Waals surface area contributed by atoms with Crippen molar-refractivity contribution in [3.05, 3.63) is 79.1 Å². The minimum Gasteiger partial charge on any atom is -0.457 e. The largest absolute Gasteiger partial charge is 0.457 e. The van der Waals surface area contributed by atoms with Crippen LogP contribution in [0, 0.1) is 0 Å². The maximum atomic E-state index is 5.89. The van der Waals surface area contributed by atoms with Crippen molar-refractivity contribution in [2.45, 2.75) is 0 Å². The lowest BCUT2D eigenvalue weighted by Gasteiger charge is -2.04. The topological polar surface area (TPSA) is 78.6 Å². The summed E-state index contributed by atoms with van der Waals surface area (Å²) in [4.78, 5) is 15.7. The minimum atomic E-state index is 0.638. The molecule has 5 rings (SSSR count). The van der Waals surface area contributed by atoms with Gasteiger partial charge in [0.25, 0.3) is 0 Å². The van der Waals surface area contributed by atoms with Gasteiger partial charge in [0.1, 0.15) is 17.0 Å². The third kappa shape index (κ3) is 2.97. The van der Waals surface area contributed by atoms with E-state index in [1.165, 1.54) is 0 Å². The number of fused-ring (bicyclic) bond motifs is 2. The molecular weight excluding hydrogens is 350 g/mol. The normalized spacial score (nSPS) is 11.0. The summed E-state index contributed by atoms with van der Waals surface area (Å²) in [6.45, 7) is 3.78. The highest BCUT2D eigenvalue weighted by Gasteiger charge is 2.10. The number of ether oxygens (including phenoxy) is 1. The Labute approximate surface area is 160 Å². The van der Waals surface area contributed by atoms with Crippen LogP contribution < -0.4 is 10.1 Å². The standard InChI is InChI=1S/C22H17N5O/c1-2-14-8-10-18-21(24-14)20(13-23-18)27-22-25-17-11-9-16(12-19(17)26-22)28-15-6-4-3-5-7-15/h2-13,23H,1H2,(H2,25,26,27). The smallest absolute Gasteiger partial charge is 0.205 e. The summed E-state index contributed by atoms with van der Waals surface area (Å²) in [5.74, 6) is 2.17. The summed E-state index contributed by atoms with van der Waals surface area (Å²) >= 11 is 0. The lowest BCUT2D eigenvalue weighted by atomic mass is 10.3. The number of H-pyrrole nitrogens is 2. The predicted molar refractivity (Wildman–Crippen MR) is 112 cm³/mol. The number of nitrogens with one attached hydrogen (secondary N) is 3. The Kier molecular flexibility index (Phi) is 3.80. The highest BCUT2D eigenvalue weighted by molar-refractivity contribution is 5.91. The molecule has 0 unspecified atom stereocenters. The average Bonchev–Trinajstić information content (AvgIpc) is 3.32. The summed E-state index contributed by atoms with van der Waals surface area (Å²) in [6.07, 6.45) is 3.60. The molecule has 0 saturated carbocycles. The number of aromatic nitrogens is 4. The Morgan fingerprint density at radius 2 is 1.79 bits per heavy atom. The first kappa shape index (κ1) is 16.1. The fourth-order valence-corrected chi connectivity index (χ4v) is 3.08. The van der Waals surface area contributed by atoms with Gasteiger partial charge in [0.05, 0.1) is 27.9 Å². The highest BCUT2D eigenvalue weighted by Crippen LogP contribution is 2.28. The van der Waals surface area contributed by atoms with E-state index >= 15 is 0 Å². The number of hydrogen-bond acceptors (Lipinski definition) is 4. The van der Waals surface area contributed by atoms with Crippen LogP contribution in [0.4, 0.5) is 11.6 Å². The zero-order valence-electron chi connectivity index (χ0n) is 14.9. The molecule has 136 valence electrons. The first-order chi connectivity index (χ1) is 13.8. The number of anilines is 2. The van der Waals surface area contributed by atoms with Gasteiger partial charge in [-0.15, -0.1) is 0 Å². The van der Waals surface area contributed by atoms with Gasteiger partial charge < -0.3 is 20.0 Å². The van der Waals surface area contributed by atoms with Crippen molar-refractivity contribution in [3.63, 3.8) is 0 Å². The number of para-hydroxylation sites is 1. The van der Waals surface area contributed by atoms with Crippen molar-refractivity contribution >= 4 is 39.8 Å². The van der Waals surface area contributed by atoms with E-state index in [-0.39, 0.29) is 0 Å². The van der Waals surface area contributed by atoms with Gasteiger partial charge in [0.2, 0.25) is 5.95 Å². The summed E-state index contributed by atoms with van der Waals surface area (Å²) < 4.78 is 5.89. The summed E-state index contributed by atoms with van der Waals surface area (Å²) in [7, 11) is 0. The quantitative estimate of drug-likeness (QED) is 0.377. The van der Waals surface area contributed by atoms with Gasteiger partial charge in [-0.2, -0.15) is 0 Å². The van der Waals surface area contributed by atoms with Crippen LogP contribution in [0.25, 0.3) is 28.1 Å². The molecule has 0 fully saturated rings. The van der Waals surface area contributed by atoms with E-state index in [9.17, 15) is 0 Å². The molecule has 0 amide bonds. The predicted octanol–water partition coefficient (Wildman–Crippen LogP) is 5.62. The van der Waals surface area contributed by atoms with E-state index in [1.54, 1.807) is 6.08 Å². The first-order valence-electron chi connectivity index (χ1n) is 8.89. The summed E-state index contributed by atoms with van der Waals surface area (Å²) in [6, 6.07) is 19.4. The van der Waals surface area contributed by atoms with E-state index in [1.807, 2.05) is 66.9 Å². The Morgan fingerprint density at radius 1 is 0.929 bits per heavy atom. The van der Waals surface area contributed by atoms with E-state index in [4.69, 9.17) is 4.74 Å². The lowest BCUT2D eigenvalue weighted by molar-refractivity contribution is 0.483. The zero-order valence-corrected chi connectivity index (χ0v) is 14.9. The van der Waals surface area contributed by atoms with E-state index in [0.29, 0.717) is 5.95 Å². The molecular formula is C22H17N5O. The molecule has 3 aromatic heterocycles. The van der Waals surface area contributed by atoms with Crippen molar-refractivity contribution in [2.75, 3.05) is 5.32 Å². The number of pyridine rings is 1. The fraction of sp³-hybridized carbons (Fsp3) is 0. The highest BCUT2D eigenvalue weighted by atomic mass is 16.5. The van der Waals surface area contributed by atoms with Gasteiger partial charge >= 0.3 is 0 Å². The van der Waals surface area contributed by atoms with Crippen LogP contribution >= 0.6 is 0 Å². The Bertz CT molecular complexity index is 1290. The van der Waals surface area contributed by atoms with E-state index in [0.717, 1.165) is 44.9 Å². The van der Waals surface area contributed by atoms with E-state index in [2.05, 4.69) is 31.8 Å². The maximum absolute atomic E-state index is 5.89. The molecule has 3 heterocycles. The van der Waals surface area contributed by atoms with Crippen molar-refractivity contribution < 1.29 is 4.74 Å². The number of benzene rings is 2. The molecule has 0 saturated heterocycles. The molecule has 0 aliphatic rings. The monoisotopic (exact) mass is 367 g/mol. The molecule has 0 aliphatic carbocycles. The number of imidazole rings is 1. The van der Waals surface area contributed by atoms with Crippen LogP contribution in [0.3, 0.4) is 0 Å². The molecule has 6 nitrogen and oxygen atoms in total. The second-order valence-corrected chi connectivity index (χ2v) is 6.34. The molecule has 5 aromatic rings. The molecule has 6 heteroatoms. The van der Waals surface area contributed by atoms with Gasteiger partial charge in [0, 0.05) is 12.3 Å². The van der Waals surface area contributed by atoms with Gasteiger partial charge in [-0.1, -0.05) is 24.8 Å². The summed E-state index contributed by atoms with van der Waals surface area (Å²) in [5, 5.41) is 3.30. The SMILES string of the molecule is C=Cc1ccc2[nH]cc(Nc3nc4cc(Oc5ccccc5)ccc4[nH]3)c2n1. The Balaban J connectivity index is 1.44. The average molecular weight is 367 g/mol. The lowest BCUT2D eigenvalue weighted by Crippen LogP contribution is -1.92. The molecule has 2 aromatic carbocycles. The Hall–Kier alpha value is -4.06. The first-order valence-corrected chi connectivity index (χ1v) is 8.89. The van der Waals surface area contributed by atoms with Crippen molar-refractivity contribution in [2.24, 2.45) is 0 Å². The van der Waals surface area contributed by atoms with Crippen LogP contribution in [-0.4, -0.2) is 19.9 Å². The molecule has 0 radical (unpaired) electrons. The van der Waals surface area contributed by atoms with Crippen LogP contribution in [-0.2, 0) is 0 Å². The molecule has 28 heavy (non-hydrogen) atoms. The second kappa shape index (κ2) is 6.59. The van der Waals surface area contributed by atoms with E-state index < -0.39 is 0 Å². The van der Waals surface area contributed by atoms with Crippen LogP contribution in [0.5, 0.6) is 11.5 Å². The Morgan fingerprint density at radius 3 is 2.64 bits per heavy atom. The van der Waals surface area contributed by atoms with Crippen LogP contribution in [0.15, 0.2) is 73.4 Å². The fourth-order valence-electron chi connectivity index (χ4n) is 3.08. The third-order valence-electron chi connectivity index (χ3n) is 4.44. The zero-order chi connectivity index (χ0) is 18.9. The van der Waals surface area contributed by atoms with Crippen molar-refractivity contribution in [3.8, 4) is 11.5 Å². The minimum absolute atomic E-state index is 0.638. The van der Waals surface area contributed by atoms with Gasteiger partial charge in [-0.05, 0) is 42.5 Å². The second-order valence-electron chi connectivity index (χ2n) is 6.34. The molecule has 3 N–H and O–H groups in total. The van der Waals surface area contributed by atoms with Crippen LogP contribution in [0.1, 0.15) is 5.69 Å². The number of aromatic amines is 2. The van der Waals surface area contributed by atoms with Crippen molar-refractivity contribution in [1.82, 2.24) is 19.9 Å². The van der Waals surface area contributed by atoms with Gasteiger partial charge in [-0.25, -0.2) is 9.97 Å². The molecule has 0 spiro atoms. The molecule has 0 aliphatic heterocycles. The van der Waals surface area contributed by atoms with Crippen molar-refractivity contribution in [1.29, 1.82) is 0 Å². The number of rotatable bonds is 5. The van der Waals surface area contributed by atoms with Gasteiger partial charge in [0.15, 0.2) is 0 Å². The maximum Gasteiger partial charge on any atom is 0.205 e. The number of nitrogens with zero attached hydrogens (tertiary/aromatic N) is 2. The molecule has 0 bridgehead atoms. The number of hydrogen-bond donors (Lipinski definition) is 3. The third-order valence-corrected chi connectivity index (χ3v) is 4.44. The summed E-state index contributed by atoms with van der Waals surface area (Å²) in [5.41, 5.74) is 5.19. The van der Waals surface area contributed by atoms with Gasteiger partial charge in [-0.3, -0.25) is 0 Å². The molecule has 0 atom stereocenters.